The van der Waals surface area contributed by atoms with E-state index >= 15 is 0 Å². The number of carbonyl (C=O) groups is 2. The molecule has 136 valence electrons. The van der Waals surface area contributed by atoms with Gasteiger partial charge in [0.25, 0.3) is 0 Å². The summed E-state index contributed by atoms with van der Waals surface area (Å²) in [6, 6.07) is 1.64. The Bertz CT molecular complexity index is 589. The van der Waals surface area contributed by atoms with Gasteiger partial charge in [-0.3, -0.25) is 14.5 Å². The number of piperazine rings is 1. The Hall–Kier alpha value is -2.22. The zero-order valence-corrected chi connectivity index (χ0v) is 14.4. The quantitative estimate of drug-likeness (QED) is 0.827. The van der Waals surface area contributed by atoms with Crippen molar-refractivity contribution in [3.8, 4) is 0 Å². The molecule has 3 heterocycles. The van der Waals surface area contributed by atoms with Gasteiger partial charge in [0.15, 0.2) is 0 Å². The minimum atomic E-state index is -0.832. The Kier molecular flexibility index (Phi) is 5.80. The molecule has 1 atom stereocenters. The summed E-state index contributed by atoms with van der Waals surface area (Å²) in [7, 11) is 0. The van der Waals surface area contributed by atoms with Crippen LogP contribution in [0, 0.1) is 0 Å². The molecule has 0 saturated carbocycles. The van der Waals surface area contributed by atoms with Crippen LogP contribution in [0.5, 0.6) is 0 Å². The highest BCUT2D eigenvalue weighted by Gasteiger charge is 2.30. The SMILES string of the molecule is O=C(O)CC1CCCCN1C(=O)CN1CCN(c2ncccn2)CC1. The second-order valence-corrected chi connectivity index (χ2v) is 6.65. The highest BCUT2D eigenvalue weighted by Crippen LogP contribution is 2.20. The van der Waals surface area contributed by atoms with Gasteiger partial charge < -0.3 is 14.9 Å². The molecule has 1 unspecified atom stereocenters. The minimum Gasteiger partial charge on any atom is -0.481 e. The molecule has 8 heteroatoms. The first-order valence-electron chi connectivity index (χ1n) is 8.89. The molecule has 8 nitrogen and oxygen atoms in total. The number of piperidine rings is 1. The van der Waals surface area contributed by atoms with Gasteiger partial charge in [-0.05, 0) is 25.3 Å². The van der Waals surface area contributed by atoms with Crippen LogP contribution in [0.3, 0.4) is 0 Å². The van der Waals surface area contributed by atoms with Gasteiger partial charge in [0.2, 0.25) is 11.9 Å². The summed E-state index contributed by atoms with van der Waals surface area (Å²) in [5, 5.41) is 9.06. The number of nitrogens with zero attached hydrogens (tertiary/aromatic N) is 5. The van der Waals surface area contributed by atoms with E-state index in [-0.39, 0.29) is 18.4 Å². The number of amides is 1. The highest BCUT2D eigenvalue weighted by molar-refractivity contribution is 5.79. The van der Waals surface area contributed by atoms with Crippen molar-refractivity contribution < 1.29 is 14.7 Å². The first kappa shape index (κ1) is 17.6. The van der Waals surface area contributed by atoms with E-state index in [1.54, 1.807) is 23.4 Å². The molecule has 25 heavy (non-hydrogen) atoms. The molecule has 2 aliphatic heterocycles. The predicted molar refractivity (Wildman–Crippen MR) is 92.3 cm³/mol. The summed E-state index contributed by atoms with van der Waals surface area (Å²) in [5.41, 5.74) is 0. The van der Waals surface area contributed by atoms with Gasteiger partial charge in [0.05, 0.1) is 13.0 Å². The lowest BCUT2D eigenvalue weighted by molar-refractivity contribution is -0.142. The number of rotatable bonds is 5. The Morgan fingerprint density at radius 2 is 1.80 bits per heavy atom. The number of aliphatic carboxylic acids is 1. The van der Waals surface area contributed by atoms with Crippen molar-refractivity contribution in [2.45, 2.75) is 31.7 Å². The number of carbonyl (C=O) groups excluding carboxylic acids is 1. The molecular formula is C17H25N5O3. The average Bonchev–Trinajstić information content (AvgIpc) is 2.63. The van der Waals surface area contributed by atoms with Gasteiger partial charge in [-0.1, -0.05) is 0 Å². The van der Waals surface area contributed by atoms with Crippen molar-refractivity contribution in [1.82, 2.24) is 19.8 Å². The molecule has 0 aliphatic carbocycles. The van der Waals surface area contributed by atoms with Crippen molar-refractivity contribution in [2.75, 3.05) is 44.2 Å². The Morgan fingerprint density at radius 1 is 1.08 bits per heavy atom. The van der Waals surface area contributed by atoms with Crippen LogP contribution < -0.4 is 4.90 Å². The van der Waals surface area contributed by atoms with Crippen LogP contribution in [0.4, 0.5) is 5.95 Å². The van der Waals surface area contributed by atoms with Gasteiger partial charge in [0, 0.05) is 51.2 Å². The second kappa shape index (κ2) is 8.24. The average molecular weight is 347 g/mol. The minimum absolute atomic E-state index is 0.0465. The van der Waals surface area contributed by atoms with Gasteiger partial charge in [-0.15, -0.1) is 0 Å². The smallest absolute Gasteiger partial charge is 0.305 e. The van der Waals surface area contributed by atoms with E-state index in [4.69, 9.17) is 5.11 Å². The fourth-order valence-electron chi connectivity index (χ4n) is 3.59. The van der Waals surface area contributed by atoms with E-state index in [2.05, 4.69) is 19.8 Å². The monoisotopic (exact) mass is 347 g/mol. The summed E-state index contributed by atoms with van der Waals surface area (Å²) in [5.74, 6) is -0.0532. The zero-order valence-electron chi connectivity index (χ0n) is 14.4. The van der Waals surface area contributed by atoms with Crippen molar-refractivity contribution in [2.24, 2.45) is 0 Å². The number of carboxylic acids is 1. The van der Waals surface area contributed by atoms with Crippen molar-refractivity contribution >= 4 is 17.8 Å². The lowest BCUT2D eigenvalue weighted by Crippen LogP contribution is -2.53. The molecule has 1 N–H and O–H groups in total. The first-order valence-corrected chi connectivity index (χ1v) is 8.89. The Balaban J connectivity index is 1.51. The highest BCUT2D eigenvalue weighted by atomic mass is 16.4. The summed E-state index contributed by atoms with van der Waals surface area (Å²) in [6.07, 6.45) is 6.26. The molecule has 0 radical (unpaired) electrons. The van der Waals surface area contributed by atoms with E-state index in [0.717, 1.165) is 51.4 Å². The molecule has 1 amide bonds. The van der Waals surface area contributed by atoms with Crippen LogP contribution in [0.15, 0.2) is 18.5 Å². The molecule has 0 spiro atoms. The van der Waals surface area contributed by atoms with Crippen molar-refractivity contribution in [1.29, 1.82) is 0 Å². The number of anilines is 1. The molecule has 2 aliphatic rings. The normalized spacial score (nSPS) is 22.0. The van der Waals surface area contributed by atoms with E-state index in [1.807, 2.05) is 0 Å². The van der Waals surface area contributed by atoms with Gasteiger partial charge in [-0.25, -0.2) is 9.97 Å². The Labute approximate surface area is 147 Å². The maximum Gasteiger partial charge on any atom is 0.305 e. The Morgan fingerprint density at radius 3 is 2.48 bits per heavy atom. The molecule has 1 aromatic rings. The number of carboxylic acid groups (broad SMARTS) is 1. The summed E-state index contributed by atoms with van der Waals surface area (Å²) in [6.45, 7) is 4.17. The van der Waals surface area contributed by atoms with E-state index < -0.39 is 5.97 Å². The summed E-state index contributed by atoms with van der Waals surface area (Å²) < 4.78 is 0. The number of hydrogen-bond donors (Lipinski definition) is 1. The van der Waals surface area contributed by atoms with Crippen LogP contribution in [0.2, 0.25) is 0 Å². The third-order valence-corrected chi connectivity index (χ3v) is 4.92. The van der Waals surface area contributed by atoms with E-state index in [9.17, 15) is 9.59 Å². The standard InChI is InChI=1S/C17H25N5O3/c23-15(22-7-2-1-4-14(22)12-16(24)25)13-20-8-10-21(11-9-20)17-18-5-3-6-19-17/h3,5-6,14H,1-2,4,7-13H2,(H,24,25). The fraction of sp³-hybridized carbons (Fsp3) is 0.647. The lowest BCUT2D eigenvalue weighted by Gasteiger charge is -2.38. The largest absolute Gasteiger partial charge is 0.481 e. The van der Waals surface area contributed by atoms with Crippen molar-refractivity contribution in [3.05, 3.63) is 18.5 Å². The second-order valence-electron chi connectivity index (χ2n) is 6.65. The fourth-order valence-corrected chi connectivity index (χ4v) is 3.59. The molecular weight excluding hydrogens is 322 g/mol. The predicted octanol–water partition coefficient (Wildman–Crippen LogP) is 0.454. The zero-order chi connectivity index (χ0) is 17.6. The molecule has 0 aromatic carbocycles. The first-order chi connectivity index (χ1) is 12.1. The maximum atomic E-state index is 12.7. The van der Waals surface area contributed by atoms with Gasteiger partial charge in [0.1, 0.15) is 0 Å². The van der Waals surface area contributed by atoms with Gasteiger partial charge >= 0.3 is 5.97 Å². The van der Waals surface area contributed by atoms with Crippen molar-refractivity contribution in [3.63, 3.8) is 0 Å². The van der Waals surface area contributed by atoms with Crippen LogP contribution in [-0.2, 0) is 9.59 Å². The molecule has 0 bridgehead atoms. The van der Waals surface area contributed by atoms with Crippen LogP contribution >= 0.6 is 0 Å². The topological polar surface area (TPSA) is 89.9 Å². The van der Waals surface area contributed by atoms with Gasteiger partial charge in [-0.2, -0.15) is 0 Å². The lowest BCUT2D eigenvalue weighted by atomic mass is 9.99. The summed E-state index contributed by atoms with van der Waals surface area (Å²) in [4.78, 5) is 38.3. The van der Waals surface area contributed by atoms with E-state index in [0.29, 0.717) is 13.1 Å². The number of hydrogen-bond acceptors (Lipinski definition) is 6. The number of aromatic nitrogens is 2. The third-order valence-electron chi connectivity index (χ3n) is 4.92. The third kappa shape index (κ3) is 4.66. The summed E-state index contributed by atoms with van der Waals surface area (Å²) >= 11 is 0. The van der Waals surface area contributed by atoms with Crippen LogP contribution in [0.25, 0.3) is 0 Å². The number of likely N-dealkylation sites (tertiary alicyclic amines) is 1. The van der Waals surface area contributed by atoms with E-state index in [1.165, 1.54) is 0 Å². The molecule has 2 fully saturated rings. The maximum absolute atomic E-state index is 12.7. The molecule has 3 rings (SSSR count). The van der Waals surface area contributed by atoms with Crippen LogP contribution in [-0.4, -0.2) is 82.1 Å². The molecule has 2 saturated heterocycles. The van der Waals surface area contributed by atoms with Crippen LogP contribution in [0.1, 0.15) is 25.7 Å². The molecule has 1 aromatic heterocycles.